The van der Waals surface area contributed by atoms with E-state index < -0.39 is 0 Å². The van der Waals surface area contributed by atoms with Crippen LogP contribution < -0.4 is 0 Å². The van der Waals surface area contributed by atoms with Gasteiger partial charge < -0.3 is 9.26 Å². The lowest BCUT2D eigenvalue weighted by atomic mass is 10.2. The molecule has 0 fully saturated rings. The highest BCUT2D eigenvalue weighted by molar-refractivity contribution is 9.10. The average molecular weight is 419 g/mol. The Kier molecular flexibility index (Phi) is 5.88. The summed E-state index contributed by atoms with van der Waals surface area (Å²) in [5.74, 6) is 1.27. The minimum atomic E-state index is -0.354. The van der Waals surface area contributed by atoms with Crippen LogP contribution in [-0.2, 0) is 17.1 Å². The van der Waals surface area contributed by atoms with Gasteiger partial charge in [-0.15, -0.1) is 11.8 Å². The number of rotatable bonds is 6. The zero-order valence-corrected chi connectivity index (χ0v) is 15.8. The SMILES string of the molecule is Cc1noc(CSc2ccccc2C(=O)OCc2ccc(Br)cc2)n1. The van der Waals surface area contributed by atoms with Crippen LogP contribution in [0.25, 0.3) is 0 Å². The maximum absolute atomic E-state index is 12.4. The number of nitrogens with zero attached hydrogens (tertiary/aromatic N) is 2. The van der Waals surface area contributed by atoms with Crippen LogP contribution in [0.15, 0.2) is 62.4 Å². The summed E-state index contributed by atoms with van der Waals surface area (Å²) < 4.78 is 11.5. The Hall–Kier alpha value is -2.12. The third-order valence-corrected chi connectivity index (χ3v) is 4.90. The molecular formula is C18H15BrN2O3S. The van der Waals surface area contributed by atoms with Gasteiger partial charge in [-0.3, -0.25) is 0 Å². The van der Waals surface area contributed by atoms with Crippen molar-refractivity contribution in [2.24, 2.45) is 0 Å². The van der Waals surface area contributed by atoms with E-state index in [0.29, 0.717) is 23.0 Å². The van der Waals surface area contributed by atoms with Crippen molar-refractivity contribution in [2.75, 3.05) is 0 Å². The van der Waals surface area contributed by atoms with Gasteiger partial charge >= 0.3 is 5.97 Å². The maximum atomic E-state index is 12.4. The molecule has 0 unspecified atom stereocenters. The quantitative estimate of drug-likeness (QED) is 0.423. The van der Waals surface area contributed by atoms with Gasteiger partial charge in [-0.25, -0.2) is 4.79 Å². The molecule has 0 aliphatic rings. The van der Waals surface area contributed by atoms with Gasteiger partial charge in [0.2, 0.25) is 5.89 Å². The van der Waals surface area contributed by atoms with Crippen LogP contribution in [0.3, 0.4) is 0 Å². The zero-order chi connectivity index (χ0) is 17.6. The number of ether oxygens (including phenoxy) is 1. The van der Waals surface area contributed by atoms with E-state index in [-0.39, 0.29) is 12.6 Å². The first kappa shape index (κ1) is 17.7. The van der Waals surface area contributed by atoms with Crippen LogP contribution in [-0.4, -0.2) is 16.1 Å². The van der Waals surface area contributed by atoms with Crippen molar-refractivity contribution in [1.82, 2.24) is 10.1 Å². The Morgan fingerprint density at radius 3 is 2.68 bits per heavy atom. The number of hydrogen-bond acceptors (Lipinski definition) is 6. The van der Waals surface area contributed by atoms with E-state index in [9.17, 15) is 4.79 Å². The van der Waals surface area contributed by atoms with Crippen molar-refractivity contribution in [3.05, 3.63) is 75.8 Å². The number of esters is 1. The van der Waals surface area contributed by atoms with E-state index in [1.165, 1.54) is 11.8 Å². The van der Waals surface area contributed by atoms with Gasteiger partial charge in [-0.2, -0.15) is 4.98 Å². The number of aryl methyl sites for hydroxylation is 1. The Bertz CT molecular complexity index is 865. The maximum Gasteiger partial charge on any atom is 0.339 e. The number of carbonyl (C=O) groups is 1. The van der Waals surface area contributed by atoms with Gasteiger partial charge in [-0.1, -0.05) is 45.4 Å². The van der Waals surface area contributed by atoms with Crippen LogP contribution in [0.1, 0.15) is 27.6 Å². The van der Waals surface area contributed by atoms with Gasteiger partial charge in [0.1, 0.15) is 6.61 Å². The Balaban J connectivity index is 1.64. The number of benzene rings is 2. The molecule has 3 aromatic rings. The fourth-order valence-electron chi connectivity index (χ4n) is 2.11. The summed E-state index contributed by atoms with van der Waals surface area (Å²) in [7, 11) is 0. The van der Waals surface area contributed by atoms with Crippen molar-refractivity contribution in [2.45, 2.75) is 24.2 Å². The van der Waals surface area contributed by atoms with Crippen LogP contribution in [0, 0.1) is 6.92 Å². The van der Waals surface area contributed by atoms with Gasteiger partial charge in [-0.05, 0) is 36.8 Å². The summed E-state index contributed by atoms with van der Waals surface area (Å²) in [5.41, 5.74) is 1.46. The lowest BCUT2D eigenvalue weighted by Gasteiger charge is -2.09. The second-order valence-electron chi connectivity index (χ2n) is 5.22. The topological polar surface area (TPSA) is 65.2 Å². The Morgan fingerprint density at radius 1 is 1.20 bits per heavy atom. The highest BCUT2D eigenvalue weighted by Gasteiger charge is 2.14. The molecule has 0 aliphatic heterocycles. The van der Waals surface area contributed by atoms with Crippen molar-refractivity contribution in [3.63, 3.8) is 0 Å². The molecule has 1 aromatic heterocycles. The molecule has 128 valence electrons. The fraction of sp³-hybridized carbons (Fsp3) is 0.167. The van der Waals surface area contributed by atoms with E-state index in [4.69, 9.17) is 9.26 Å². The Labute approximate surface area is 157 Å². The van der Waals surface area contributed by atoms with Crippen molar-refractivity contribution < 1.29 is 14.1 Å². The third kappa shape index (κ3) is 4.93. The minimum Gasteiger partial charge on any atom is -0.457 e. The van der Waals surface area contributed by atoms with E-state index in [1.807, 2.05) is 42.5 Å². The van der Waals surface area contributed by atoms with Crippen molar-refractivity contribution in [1.29, 1.82) is 0 Å². The van der Waals surface area contributed by atoms with Crippen molar-refractivity contribution in [3.8, 4) is 0 Å². The fourth-order valence-corrected chi connectivity index (χ4v) is 3.25. The standard InChI is InChI=1S/C18H15BrN2O3S/c1-12-20-17(24-21-12)11-25-16-5-3-2-4-15(16)18(22)23-10-13-6-8-14(19)9-7-13/h2-9H,10-11H2,1H3. The average Bonchev–Trinajstić information content (AvgIpc) is 3.05. The van der Waals surface area contributed by atoms with E-state index in [2.05, 4.69) is 26.1 Å². The number of hydrogen-bond donors (Lipinski definition) is 0. The highest BCUT2D eigenvalue weighted by atomic mass is 79.9. The zero-order valence-electron chi connectivity index (χ0n) is 13.4. The molecule has 7 heteroatoms. The smallest absolute Gasteiger partial charge is 0.339 e. The number of halogens is 1. The summed E-state index contributed by atoms with van der Waals surface area (Å²) >= 11 is 4.84. The molecular weight excluding hydrogens is 404 g/mol. The first-order chi connectivity index (χ1) is 12.1. The van der Waals surface area contributed by atoms with E-state index in [0.717, 1.165) is 14.9 Å². The molecule has 25 heavy (non-hydrogen) atoms. The molecule has 0 N–H and O–H groups in total. The predicted molar refractivity (Wildman–Crippen MR) is 98.3 cm³/mol. The van der Waals surface area contributed by atoms with Gasteiger partial charge in [0.05, 0.1) is 11.3 Å². The second kappa shape index (κ2) is 8.31. The largest absolute Gasteiger partial charge is 0.457 e. The number of aromatic nitrogens is 2. The third-order valence-electron chi connectivity index (χ3n) is 3.31. The normalized spacial score (nSPS) is 10.6. The predicted octanol–water partition coefficient (Wildman–Crippen LogP) is 4.79. The second-order valence-corrected chi connectivity index (χ2v) is 7.16. The molecule has 0 aliphatic carbocycles. The summed E-state index contributed by atoms with van der Waals surface area (Å²) in [6, 6.07) is 15.0. The molecule has 0 atom stereocenters. The van der Waals surface area contributed by atoms with Gasteiger partial charge in [0, 0.05) is 9.37 Å². The molecule has 0 amide bonds. The molecule has 3 rings (SSSR count). The lowest BCUT2D eigenvalue weighted by Crippen LogP contribution is -2.06. The van der Waals surface area contributed by atoms with Crippen LogP contribution in [0.5, 0.6) is 0 Å². The van der Waals surface area contributed by atoms with Crippen LogP contribution in [0.2, 0.25) is 0 Å². The molecule has 0 saturated heterocycles. The molecule has 2 aromatic carbocycles. The summed E-state index contributed by atoms with van der Waals surface area (Å²) in [5, 5.41) is 3.76. The van der Waals surface area contributed by atoms with Gasteiger partial charge in [0.25, 0.3) is 0 Å². The molecule has 0 spiro atoms. The molecule has 0 saturated carbocycles. The number of carbonyl (C=O) groups excluding carboxylic acids is 1. The first-order valence-corrected chi connectivity index (χ1v) is 9.32. The van der Waals surface area contributed by atoms with Crippen LogP contribution >= 0.6 is 27.7 Å². The number of thioether (sulfide) groups is 1. The molecule has 1 heterocycles. The summed E-state index contributed by atoms with van der Waals surface area (Å²) in [6.07, 6.45) is 0. The molecule has 0 bridgehead atoms. The summed E-state index contributed by atoms with van der Waals surface area (Å²) in [6.45, 7) is 2.00. The Morgan fingerprint density at radius 2 is 1.96 bits per heavy atom. The summed E-state index contributed by atoms with van der Waals surface area (Å²) in [4.78, 5) is 17.4. The first-order valence-electron chi connectivity index (χ1n) is 7.54. The van der Waals surface area contributed by atoms with Crippen LogP contribution in [0.4, 0.5) is 0 Å². The van der Waals surface area contributed by atoms with Gasteiger partial charge in [0.15, 0.2) is 5.82 Å². The van der Waals surface area contributed by atoms with E-state index >= 15 is 0 Å². The highest BCUT2D eigenvalue weighted by Crippen LogP contribution is 2.26. The molecule has 5 nitrogen and oxygen atoms in total. The molecule has 0 radical (unpaired) electrons. The van der Waals surface area contributed by atoms with Crippen molar-refractivity contribution >= 4 is 33.7 Å². The lowest BCUT2D eigenvalue weighted by molar-refractivity contribution is 0.0468. The monoisotopic (exact) mass is 418 g/mol. The minimum absolute atomic E-state index is 0.230. The van der Waals surface area contributed by atoms with E-state index in [1.54, 1.807) is 13.0 Å².